The lowest BCUT2D eigenvalue weighted by Gasteiger charge is -1.95. The van der Waals surface area contributed by atoms with Crippen molar-refractivity contribution in [3.05, 3.63) is 33.1 Å². The van der Waals surface area contributed by atoms with Gasteiger partial charge in [-0.05, 0) is 12.5 Å². The number of hydrogen-bond donors (Lipinski definition) is 0. The van der Waals surface area contributed by atoms with E-state index in [0.717, 1.165) is 6.20 Å². The first kappa shape index (κ1) is 7.94. The predicted molar refractivity (Wildman–Crippen MR) is 40.6 cm³/mol. The molecule has 11 heavy (non-hydrogen) atoms. The van der Waals surface area contributed by atoms with E-state index in [1.54, 1.807) is 6.92 Å². The molecule has 0 N–H and O–H groups in total. The van der Waals surface area contributed by atoms with E-state index >= 15 is 0 Å². The van der Waals surface area contributed by atoms with Gasteiger partial charge in [0.2, 0.25) is 0 Å². The monoisotopic (exact) mass is 172 g/mol. The van der Waals surface area contributed by atoms with Crippen LogP contribution in [0.3, 0.4) is 0 Å². The zero-order valence-electron chi connectivity index (χ0n) is 5.74. The van der Waals surface area contributed by atoms with Gasteiger partial charge in [-0.3, -0.25) is 15.1 Å². The van der Waals surface area contributed by atoms with Gasteiger partial charge in [0.05, 0.1) is 4.92 Å². The van der Waals surface area contributed by atoms with Crippen LogP contribution in [0.2, 0.25) is 5.02 Å². The average molecular weight is 173 g/mol. The lowest BCUT2D eigenvalue weighted by atomic mass is 10.3. The number of nitrogens with zero attached hydrogens (tertiary/aromatic N) is 2. The van der Waals surface area contributed by atoms with Crippen molar-refractivity contribution in [3.63, 3.8) is 0 Å². The van der Waals surface area contributed by atoms with Crippen LogP contribution in [0.4, 0.5) is 5.69 Å². The van der Waals surface area contributed by atoms with Crippen LogP contribution in [0, 0.1) is 17.0 Å². The SMILES string of the molecule is Cc1cncc([N+](=O)[O-])c1Cl. The molecular weight excluding hydrogens is 168 g/mol. The molecule has 0 saturated carbocycles. The third-order valence-electron chi connectivity index (χ3n) is 1.23. The Morgan fingerprint density at radius 2 is 2.27 bits per heavy atom. The summed E-state index contributed by atoms with van der Waals surface area (Å²) >= 11 is 5.61. The summed E-state index contributed by atoms with van der Waals surface area (Å²) in [5.74, 6) is 0. The van der Waals surface area contributed by atoms with Crippen molar-refractivity contribution in [3.8, 4) is 0 Å². The van der Waals surface area contributed by atoms with E-state index in [1.807, 2.05) is 0 Å². The van der Waals surface area contributed by atoms with Gasteiger partial charge in [-0.25, -0.2) is 0 Å². The molecule has 5 heteroatoms. The molecule has 0 amide bonds. The second-order valence-corrected chi connectivity index (χ2v) is 2.42. The quantitative estimate of drug-likeness (QED) is 0.481. The Bertz CT molecular complexity index is 301. The summed E-state index contributed by atoms with van der Waals surface area (Å²) in [5, 5.41) is 10.4. The number of nitro groups is 1. The molecule has 0 atom stereocenters. The highest BCUT2D eigenvalue weighted by atomic mass is 35.5. The molecule has 0 unspecified atom stereocenters. The number of pyridine rings is 1. The first-order valence-corrected chi connectivity index (χ1v) is 3.25. The van der Waals surface area contributed by atoms with Crippen molar-refractivity contribution in [2.75, 3.05) is 0 Å². The molecule has 1 aromatic heterocycles. The summed E-state index contributed by atoms with van der Waals surface area (Å²) in [6.07, 6.45) is 2.62. The van der Waals surface area contributed by atoms with E-state index in [2.05, 4.69) is 4.98 Å². The fraction of sp³-hybridized carbons (Fsp3) is 0.167. The Kier molecular flexibility index (Phi) is 2.05. The van der Waals surface area contributed by atoms with Gasteiger partial charge in [0, 0.05) is 6.20 Å². The Hall–Kier alpha value is -1.16. The van der Waals surface area contributed by atoms with Crippen molar-refractivity contribution in [1.29, 1.82) is 0 Å². The molecular formula is C6H5ClN2O2. The van der Waals surface area contributed by atoms with Crippen LogP contribution < -0.4 is 0 Å². The maximum Gasteiger partial charge on any atom is 0.306 e. The molecule has 1 aromatic rings. The summed E-state index contributed by atoms with van der Waals surface area (Å²) in [6.45, 7) is 1.67. The highest BCUT2D eigenvalue weighted by molar-refractivity contribution is 6.33. The van der Waals surface area contributed by atoms with E-state index in [-0.39, 0.29) is 10.7 Å². The standard InChI is InChI=1S/C6H5ClN2O2/c1-4-2-8-3-5(6(4)7)9(10)11/h2-3H,1H3. The molecule has 1 rings (SSSR count). The molecule has 0 aromatic carbocycles. The number of aromatic nitrogens is 1. The Balaban J connectivity index is 3.27. The fourth-order valence-electron chi connectivity index (χ4n) is 0.662. The molecule has 58 valence electrons. The number of rotatable bonds is 1. The summed E-state index contributed by atoms with van der Waals surface area (Å²) in [6, 6.07) is 0. The highest BCUT2D eigenvalue weighted by Gasteiger charge is 2.13. The van der Waals surface area contributed by atoms with E-state index in [9.17, 15) is 10.1 Å². The zero-order valence-corrected chi connectivity index (χ0v) is 6.50. The van der Waals surface area contributed by atoms with Crippen molar-refractivity contribution >= 4 is 17.3 Å². The smallest absolute Gasteiger partial charge is 0.258 e. The van der Waals surface area contributed by atoms with Gasteiger partial charge in [-0.1, -0.05) is 11.6 Å². The van der Waals surface area contributed by atoms with Crippen LogP contribution in [0.15, 0.2) is 12.4 Å². The van der Waals surface area contributed by atoms with Gasteiger partial charge in [0.15, 0.2) is 0 Å². The van der Waals surface area contributed by atoms with Gasteiger partial charge < -0.3 is 0 Å². The van der Waals surface area contributed by atoms with E-state index in [4.69, 9.17) is 11.6 Å². The zero-order chi connectivity index (χ0) is 8.43. The Morgan fingerprint density at radius 3 is 2.73 bits per heavy atom. The summed E-state index contributed by atoms with van der Waals surface area (Å²) in [5.41, 5.74) is 0.465. The lowest BCUT2D eigenvalue weighted by molar-refractivity contribution is -0.385. The molecule has 1 heterocycles. The van der Waals surface area contributed by atoms with Crippen LogP contribution in [-0.4, -0.2) is 9.91 Å². The molecule has 0 saturated heterocycles. The molecule has 0 spiro atoms. The number of halogens is 1. The second-order valence-electron chi connectivity index (χ2n) is 2.05. The van der Waals surface area contributed by atoms with Crippen LogP contribution in [0.1, 0.15) is 5.56 Å². The van der Waals surface area contributed by atoms with Gasteiger partial charge in [0.25, 0.3) is 0 Å². The van der Waals surface area contributed by atoms with Crippen LogP contribution in [-0.2, 0) is 0 Å². The summed E-state index contributed by atoms with van der Waals surface area (Å²) in [4.78, 5) is 13.3. The second kappa shape index (κ2) is 2.84. The van der Waals surface area contributed by atoms with E-state index in [0.29, 0.717) is 5.56 Å². The van der Waals surface area contributed by atoms with Gasteiger partial charge >= 0.3 is 5.69 Å². The minimum absolute atomic E-state index is 0.147. The summed E-state index contributed by atoms with van der Waals surface area (Å²) in [7, 11) is 0. The van der Waals surface area contributed by atoms with Crippen LogP contribution in [0.5, 0.6) is 0 Å². The van der Waals surface area contributed by atoms with Gasteiger partial charge in [-0.15, -0.1) is 0 Å². The molecule has 0 aliphatic heterocycles. The predicted octanol–water partition coefficient (Wildman–Crippen LogP) is 1.95. The minimum atomic E-state index is -0.553. The normalized spacial score (nSPS) is 9.64. The first-order valence-electron chi connectivity index (χ1n) is 2.87. The van der Waals surface area contributed by atoms with Crippen molar-refractivity contribution in [2.45, 2.75) is 6.92 Å². The number of hydrogen-bond acceptors (Lipinski definition) is 3. The van der Waals surface area contributed by atoms with Gasteiger partial charge in [0.1, 0.15) is 11.2 Å². The highest BCUT2D eigenvalue weighted by Crippen LogP contribution is 2.25. The summed E-state index contributed by atoms with van der Waals surface area (Å²) < 4.78 is 0. The minimum Gasteiger partial charge on any atom is -0.258 e. The molecule has 0 bridgehead atoms. The third-order valence-corrected chi connectivity index (χ3v) is 1.72. The van der Waals surface area contributed by atoms with Crippen molar-refractivity contribution < 1.29 is 4.92 Å². The van der Waals surface area contributed by atoms with Crippen LogP contribution >= 0.6 is 11.6 Å². The lowest BCUT2D eigenvalue weighted by Crippen LogP contribution is -1.91. The molecule has 4 nitrogen and oxygen atoms in total. The van der Waals surface area contributed by atoms with E-state index in [1.165, 1.54) is 6.20 Å². The first-order chi connectivity index (χ1) is 5.13. The maximum atomic E-state index is 10.3. The third kappa shape index (κ3) is 1.46. The number of aryl methyl sites for hydroxylation is 1. The van der Waals surface area contributed by atoms with Crippen molar-refractivity contribution in [2.24, 2.45) is 0 Å². The largest absolute Gasteiger partial charge is 0.306 e. The molecule has 0 aliphatic carbocycles. The average Bonchev–Trinajstić information content (AvgIpc) is 1.94. The van der Waals surface area contributed by atoms with Crippen LogP contribution in [0.25, 0.3) is 0 Å². The topological polar surface area (TPSA) is 56.0 Å². The fourth-order valence-corrected chi connectivity index (χ4v) is 0.829. The van der Waals surface area contributed by atoms with E-state index < -0.39 is 4.92 Å². The van der Waals surface area contributed by atoms with Gasteiger partial charge in [-0.2, -0.15) is 0 Å². The molecule has 0 aliphatic rings. The molecule has 0 fully saturated rings. The Labute approximate surface area is 68.0 Å². The molecule has 0 radical (unpaired) electrons. The Morgan fingerprint density at radius 1 is 1.64 bits per heavy atom. The maximum absolute atomic E-state index is 10.3. The van der Waals surface area contributed by atoms with Crippen molar-refractivity contribution in [1.82, 2.24) is 4.98 Å².